The molecule has 0 aliphatic carbocycles. The molecule has 1 aromatic heterocycles. The minimum atomic E-state index is -0.813. The number of phenols is 1. The number of likely N-dealkylation sites (N-methyl/N-ethyl adjacent to an activating group) is 1. The van der Waals surface area contributed by atoms with Crippen molar-refractivity contribution in [1.82, 2.24) is 20.0 Å². The lowest BCUT2D eigenvalue weighted by atomic mass is 9.84. The van der Waals surface area contributed by atoms with Gasteiger partial charge in [0.2, 0.25) is 5.72 Å². The SMILES string of the molecule is Cc1c(C)c2c(c(C)c1O)C1CC(Cn3cccn3)(O2)N(C)C(=O)N1. The Balaban J connectivity index is 1.89. The van der Waals surface area contributed by atoms with Crippen molar-refractivity contribution >= 4 is 6.03 Å². The fourth-order valence-corrected chi connectivity index (χ4v) is 3.94. The summed E-state index contributed by atoms with van der Waals surface area (Å²) < 4.78 is 8.27. The Morgan fingerprint density at radius 3 is 2.80 bits per heavy atom. The Bertz CT molecular complexity index is 862. The molecule has 2 atom stereocenters. The molecular formula is C18H22N4O3. The lowest BCUT2D eigenvalue weighted by molar-refractivity contribution is -0.101. The van der Waals surface area contributed by atoms with Crippen molar-refractivity contribution in [1.29, 1.82) is 0 Å². The van der Waals surface area contributed by atoms with E-state index in [1.807, 2.05) is 33.0 Å². The minimum Gasteiger partial charge on any atom is -0.507 e. The summed E-state index contributed by atoms with van der Waals surface area (Å²) in [5.41, 5.74) is 2.53. The largest absolute Gasteiger partial charge is 0.507 e. The summed E-state index contributed by atoms with van der Waals surface area (Å²) in [7, 11) is 1.75. The van der Waals surface area contributed by atoms with Crippen molar-refractivity contribution in [3.8, 4) is 11.5 Å². The molecule has 3 heterocycles. The van der Waals surface area contributed by atoms with Gasteiger partial charge in [-0.05, 0) is 38.0 Å². The molecule has 2 aromatic rings. The molecule has 0 saturated carbocycles. The third kappa shape index (κ3) is 2.11. The number of rotatable bonds is 2. The van der Waals surface area contributed by atoms with Crippen LogP contribution in [0.25, 0.3) is 0 Å². The highest BCUT2D eigenvalue weighted by atomic mass is 16.5. The maximum absolute atomic E-state index is 12.5. The van der Waals surface area contributed by atoms with E-state index in [1.165, 1.54) is 0 Å². The number of fused-ring (bicyclic) bond motifs is 4. The molecule has 2 amide bonds. The monoisotopic (exact) mass is 342 g/mol. The molecule has 1 saturated heterocycles. The molecule has 1 fully saturated rings. The van der Waals surface area contributed by atoms with Gasteiger partial charge >= 0.3 is 6.03 Å². The fourth-order valence-electron chi connectivity index (χ4n) is 3.94. The highest BCUT2D eigenvalue weighted by molar-refractivity contribution is 5.78. The number of amides is 2. The second kappa shape index (κ2) is 5.15. The Morgan fingerprint density at radius 2 is 2.12 bits per heavy atom. The zero-order valence-electron chi connectivity index (χ0n) is 14.8. The number of urea groups is 1. The molecule has 0 spiro atoms. The molecule has 2 bridgehead atoms. The quantitative estimate of drug-likeness (QED) is 0.878. The lowest BCUT2D eigenvalue weighted by Gasteiger charge is -2.51. The summed E-state index contributed by atoms with van der Waals surface area (Å²) in [5, 5.41) is 17.8. The molecule has 132 valence electrons. The van der Waals surface area contributed by atoms with Crippen molar-refractivity contribution in [2.45, 2.75) is 45.5 Å². The van der Waals surface area contributed by atoms with Crippen LogP contribution in [0.4, 0.5) is 4.79 Å². The molecular weight excluding hydrogens is 320 g/mol. The van der Waals surface area contributed by atoms with Gasteiger partial charge in [0.05, 0.1) is 6.04 Å². The number of phenolic OH excluding ortho intramolecular Hbond substituents is 1. The maximum atomic E-state index is 12.5. The number of hydrogen-bond acceptors (Lipinski definition) is 4. The van der Waals surface area contributed by atoms with Crippen LogP contribution in [0.2, 0.25) is 0 Å². The third-order valence-corrected chi connectivity index (χ3v) is 5.61. The number of nitrogens with zero attached hydrogens (tertiary/aromatic N) is 3. The van der Waals surface area contributed by atoms with Crippen LogP contribution in [-0.4, -0.2) is 38.6 Å². The second-order valence-corrected chi connectivity index (χ2v) is 6.98. The first-order valence-electron chi connectivity index (χ1n) is 8.37. The van der Waals surface area contributed by atoms with E-state index in [-0.39, 0.29) is 17.8 Å². The van der Waals surface area contributed by atoms with Gasteiger partial charge in [0.1, 0.15) is 18.0 Å². The van der Waals surface area contributed by atoms with Gasteiger partial charge in [-0.1, -0.05) is 0 Å². The topological polar surface area (TPSA) is 79.6 Å². The van der Waals surface area contributed by atoms with Crippen LogP contribution in [0.1, 0.15) is 34.7 Å². The first-order chi connectivity index (χ1) is 11.8. The van der Waals surface area contributed by atoms with E-state index >= 15 is 0 Å². The predicted octanol–water partition coefficient (Wildman–Crippen LogP) is 2.39. The molecule has 2 N–H and O–H groups in total. The van der Waals surface area contributed by atoms with Gasteiger partial charge in [0.25, 0.3) is 0 Å². The van der Waals surface area contributed by atoms with Crippen LogP contribution in [0.3, 0.4) is 0 Å². The molecule has 0 radical (unpaired) electrons. The summed E-state index contributed by atoms with van der Waals surface area (Å²) in [5.74, 6) is 1.02. The molecule has 1 aromatic carbocycles. The van der Waals surface area contributed by atoms with E-state index in [0.717, 1.165) is 28.0 Å². The molecule has 4 rings (SSSR count). The maximum Gasteiger partial charge on any atom is 0.320 e. The number of benzene rings is 1. The summed E-state index contributed by atoms with van der Waals surface area (Å²) in [6, 6.07) is 1.46. The molecule has 25 heavy (non-hydrogen) atoms. The van der Waals surface area contributed by atoms with Gasteiger partial charge in [-0.25, -0.2) is 4.79 Å². The van der Waals surface area contributed by atoms with E-state index in [0.29, 0.717) is 13.0 Å². The van der Waals surface area contributed by atoms with Crippen LogP contribution in [0.5, 0.6) is 11.5 Å². The summed E-state index contributed by atoms with van der Waals surface area (Å²) in [4.78, 5) is 14.2. The zero-order chi connectivity index (χ0) is 17.9. The van der Waals surface area contributed by atoms with Gasteiger partial charge in [-0.3, -0.25) is 9.58 Å². The normalized spacial score (nSPS) is 24.6. The van der Waals surface area contributed by atoms with Crippen LogP contribution in [0.15, 0.2) is 18.5 Å². The Kier molecular flexibility index (Phi) is 3.25. The highest BCUT2D eigenvalue weighted by Gasteiger charge is 2.52. The molecule has 7 heteroatoms. The second-order valence-electron chi connectivity index (χ2n) is 6.98. The van der Waals surface area contributed by atoms with Crippen LogP contribution >= 0.6 is 0 Å². The minimum absolute atomic E-state index is 0.189. The average molecular weight is 342 g/mol. The van der Waals surface area contributed by atoms with Gasteiger partial charge < -0.3 is 15.2 Å². The van der Waals surface area contributed by atoms with Crippen LogP contribution in [0, 0.1) is 20.8 Å². The van der Waals surface area contributed by atoms with E-state index < -0.39 is 5.72 Å². The average Bonchev–Trinajstić information content (AvgIpc) is 3.08. The fraction of sp³-hybridized carbons (Fsp3) is 0.444. The van der Waals surface area contributed by atoms with Crippen LogP contribution in [-0.2, 0) is 6.54 Å². The number of nitrogens with one attached hydrogen (secondary N) is 1. The van der Waals surface area contributed by atoms with Gasteiger partial charge in [-0.2, -0.15) is 5.10 Å². The summed E-state index contributed by atoms with van der Waals surface area (Å²) >= 11 is 0. The number of carbonyl (C=O) groups is 1. The number of hydrogen-bond donors (Lipinski definition) is 2. The lowest BCUT2D eigenvalue weighted by Crippen LogP contribution is -2.66. The standard InChI is InChI=1S/C18H22N4O3/c1-10-11(2)16-14(12(3)15(10)23)13-8-18(25-16,21(4)17(24)20-13)9-22-7-5-6-19-22/h5-7,13,23H,8-9H2,1-4H3,(H,20,24). The smallest absolute Gasteiger partial charge is 0.320 e. The van der Waals surface area contributed by atoms with E-state index in [1.54, 1.807) is 22.8 Å². The Hall–Kier alpha value is -2.70. The number of aromatic hydroxyl groups is 1. The first kappa shape index (κ1) is 15.8. The van der Waals surface area contributed by atoms with E-state index in [2.05, 4.69) is 10.4 Å². The van der Waals surface area contributed by atoms with Crippen molar-refractivity contribution in [3.63, 3.8) is 0 Å². The Labute approximate surface area is 146 Å². The van der Waals surface area contributed by atoms with Gasteiger partial charge in [-0.15, -0.1) is 0 Å². The van der Waals surface area contributed by atoms with Crippen molar-refractivity contribution < 1.29 is 14.6 Å². The molecule has 2 aliphatic heterocycles. The number of carbonyl (C=O) groups excluding carboxylic acids is 1. The molecule has 2 unspecified atom stereocenters. The third-order valence-electron chi connectivity index (χ3n) is 5.61. The summed E-state index contributed by atoms with van der Waals surface area (Å²) in [6.07, 6.45) is 4.17. The highest BCUT2D eigenvalue weighted by Crippen LogP contribution is 2.50. The first-order valence-corrected chi connectivity index (χ1v) is 8.37. The Morgan fingerprint density at radius 1 is 1.36 bits per heavy atom. The van der Waals surface area contributed by atoms with Crippen LogP contribution < -0.4 is 10.1 Å². The predicted molar refractivity (Wildman–Crippen MR) is 91.6 cm³/mol. The van der Waals surface area contributed by atoms with Gasteiger partial charge in [0.15, 0.2) is 0 Å². The molecule has 2 aliphatic rings. The number of ether oxygens (including phenoxy) is 1. The van der Waals surface area contributed by atoms with E-state index in [9.17, 15) is 9.90 Å². The van der Waals surface area contributed by atoms with Crippen molar-refractivity contribution in [2.24, 2.45) is 0 Å². The number of aromatic nitrogens is 2. The molecule has 7 nitrogen and oxygen atoms in total. The van der Waals surface area contributed by atoms with Crippen molar-refractivity contribution in [2.75, 3.05) is 7.05 Å². The zero-order valence-corrected chi connectivity index (χ0v) is 14.8. The van der Waals surface area contributed by atoms with Crippen molar-refractivity contribution in [3.05, 3.63) is 40.7 Å². The van der Waals surface area contributed by atoms with E-state index in [4.69, 9.17) is 4.74 Å². The summed E-state index contributed by atoms with van der Waals surface area (Å²) in [6.45, 7) is 6.14. The van der Waals surface area contributed by atoms with Gasteiger partial charge in [0, 0.05) is 37.0 Å².